The molecular formula is C20H22N4OS. The molecule has 1 aromatic carbocycles. The monoisotopic (exact) mass is 366 g/mol. The number of nitrogens with one attached hydrogen (secondary N) is 1. The van der Waals surface area contributed by atoms with Crippen molar-refractivity contribution in [3.63, 3.8) is 0 Å². The first kappa shape index (κ1) is 17.0. The van der Waals surface area contributed by atoms with Crippen LogP contribution in [0.25, 0.3) is 0 Å². The van der Waals surface area contributed by atoms with E-state index >= 15 is 0 Å². The van der Waals surface area contributed by atoms with E-state index in [2.05, 4.69) is 45.6 Å². The summed E-state index contributed by atoms with van der Waals surface area (Å²) < 4.78 is 1.84. The van der Waals surface area contributed by atoms with Gasteiger partial charge in [-0.15, -0.1) is 11.3 Å². The van der Waals surface area contributed by atoms with Crippen LogP contribution < -0.4 is 5.32 Å². The molecule has 1 aliphatic rings. The third-order valence-electron chi connectivity index (χ3n) is 4.76. The summed E-state index contributed by atoms with van der Waals surface area (Å²) in [6.07, 6.45) is 3.96. The van der Waals surface area contributed by atoms with Crippen LogP contribution in [0.5, 0.6) is 0 Å². The summed E-state index contributed by atoms with van der Waals surface area (Å²) in [5.41, 5.74) is 1.29. The van der Waals surface area contributed by atoms with Crippen LogP contribution in [-0.4, -0.2) is 33.7 Å². The number of benzene rings is 1. The number of amides is 1. The van der Waals surface area contributed by atoms with Crippen molar-refractivity contribution in [2.45, 2.75) is 25.4 Å². The standard InChI is InChI=1S/C20H22N4OS/c25-20(15-23-12-4-9-18(23)16-6-2-1-3-7-16)22-19-10-11-21-24(19)14-17-8-5-13-26-17/h1-3,5-8,10-11,13,18H,4,9,12,14-15H2,(H,22,25). The minimum absolute atomic E-state index is 0.0146. The van der Waals surface area contributed by atoms with E-state index < -0.39 is 0 Å². The Morgan fingerprint density at radius 2 is 2.08 bits per heavy atom. The summed E-state index contributed by atoms with van der Waals surface area (Å²) in [6, 6.07) is 16.7. The van der Waals surface area contributed by atoms with Crippen LogP contribution in [0.15, 0.2) is 60.1 Å². The van der Waals surface area contributed by atoms with Crippen LogP contribution in [0.4, 0.5) is 5.82 Å². The zero-order valence-corrected chi connectivity index (χ0v) is 15.4. The van der Waals surface area contributed by atoms with E-state index in [0.29, 0.717) is 19.1 Å². The number of aromatic nitrogens is 2. The van der Waals surface area contributed by atoms with Crippen molar-refractivity contribution in [2.24, 2.45) is 0 Å². The molecule has 6 heteroatoms. The number of hydrogen-bond donors (Lipinski definition) is 1. The molecule has 1 amide bonds. The third-order valence-corrected chi connectivity index (χ3v) is 5.63. The van der Waals surface area contributed by atoms with E-state index in [0.717, 1.165) is 25.2 Å². The summed E-state index contributed by atoms with van der Waals surface area (Å²) >= 11 is 1.69. The van der Waals surface area contributed by atoms with Crippen molar-refractivity contribution in [2.75, 3.05) is 18.4 Å². The predicted octanol–water partition coefficient (Wildman–Crippen LogP) is 3.77. The third kappa shape index (κ3) is 3.86. The minimum Gasteiger partial charge on any atom is -0.310 e. The maximum atomic E-state index is 12.6. The van der Waals surface area contributed by atoms with Gasteiger partial charge in [0.05, 0.1) is 19.3 Å². The molecular weight excluding hydrogens is 344 g/mol. The normalized spacial score (nSPS) is 17.5. The number of thiophene rings is 1. The molecule has 1 saturated heterocycles. The molecule has 1 atom stereocenters. The molecule has 3 heterocycles. The fraction of sp³-hybridized carbons (Fsp3) is 0.300. The van der Waals surface area contributed by atoms with Crippen molar-refractivity contribution in [3.05, 3.63) is 70.5 Å². The number of carbonyl (C=O) groups excluding carboxylic acids is 1. The molecule has 2 aromatic heterocycles. The van der Waals surface area contributed by atoms with Gasteiger partial charge in [-0.05, 0) is 36.4 Å². The quantitative estimate of drug-likeness (QED) is 0.722. The van der Waals surface area contributed by atoms with Gasteiger partial charge in [0.2, 0.25) is 5.91 Å². The molecule has 0 saturated carbocycles. The van der Waals surface area contributed by atoms with Crippen LogP contribution in [0, 0.1) is 0 Å². The van der Waals surface area contributed by atoms with Gasteiger partial charge < -0.3 is 5.32 Å². The second-order valence-corrected chi connectivity index (χ2v) is 7.57. The number of anilines is 1. The Hall–Kier alpha value is -2.44. The highest BCUT2D eigenvalue weighted by Crippen LogP contribution is 2.31. The maximum Gasteiger partial charge on any atom is 0.239 e. The van der Waals surface area contributed by atoms with Gasteiger partial charge in [-0.2, -0.15) is 5.10 Å². The number of carbonyl (C=O) groups is 1. The van der Waals surface area contributed by atoms with Crippen molar-refractivity contribution in [3.8, 4) is 0 Å². The van der Waals surface area contributed by atoms with Gasteiger partial charge in [0.25, 0.3) is 0 Å². The highest BCUT2D eigenvalue weighted by Gasteiger charge is 2.27. The first-order valence-corrected chi connectivity index (χ1v) is 9.80. The maximum absolute atomic E-state index is 12.6. The van der Waals surface area contributed by atoms with E-state index in [1.165, 1.54) is 10.4 Å². The van der Waals surface area contributed by atoms with Crippen LogP contribution in [0.3, 0.4) is 0 Å². The Morgan fingerprint density at radius 1 is 1.19 bits per heavy atom. The molecule has 0 bridgehead atoms. The Bertz CT molecular complexity index is 844. The summed E-state index contributed by atoms with van der Waals surface area (Å²) in [6.45, 7) is 2.04. The lowest BCUT2D eigenvalue weighted by Crippen LogP contribution is -2.33. The summed E-state index contributed by atoms with van der Waals surface area (Å²) in [5.74, 6) is 0.764. The fourth-order valence-electron chi connectivity index (χ4n) is 3.55. The van der Waals surface area contributed by atoms with Crippen molar-refractivity contribution < 1.29 is 4.79 Å². The van der Waals surface area contributed by atoms with Gasteiger partial charge in [-0.25, -0.2) is 4.68 Å². The molecule has 3 aromatic rings. The SMILES string of the molecule is O=C(CN1CCCC1c1ccccc1)Nc1ccnn1Cc1cccs1. The van der Waals surface area contributed by atoms with Crippen molar-refractivity contribution >= 4 is 23.1 Å². The van der Waals surface area contributed by atoms with Crippen molar-refractivity contribution in [1.29, 1.82) is 0 Å². The number of likely N-dealkylation sites (tertiary alicyclic amines) is 1. The number of hydrogen-bond acceptors (Lipinski definition) is 4. The van der Waals surface area contributed by atoms with Crippen molar-refractivity contribution in [1.82, 2.24) is 14.7 Å². The second-order valence-electron chi connectivity index (χ2n) is 6.54. The Balaban J connectivity index is 1.39. The lowest BCUT2D eigenvalue weighted by atomic mass is 10.0. The van der Waals surface area contributed by atoms with E-state index in [1.807, 2.05) is 28.3 Å². The summed E-state index contributed by atoms with van der Waals surface area (Å²) in [5, 5.41) is 9.41. The zero-order chi connectivity index (χ0) is 17.8. The lowest BCUT2D eigenvalue weighted by Gasteiger charge is -2.24. The lowest BCUT2D eigenvalue weighted by molar-refractivity contribution is -0.117. The van der Waals surface area contributed by atoms with Gasteiger partial charge in [-0.3, -0.25) is 9.69 Å². The molecule has 1 aliphatic heterocycles. The van der Waals surface area contributed by atoms with Crippen LogP contribution in [0.1, 0.15) is 29.3 Å². The average molecular weight is 366 g/mol. The Kier molecular flexibility index (Phi) is 5.13. The van der Waals surface area contributed by atoms with Gasteiger partial charge in [-0.1, -0.05) is 36.4 Å². The number of nitrogens with zero attached hydrogens (tertiary/aromatic N) is 3. The van der Waals surface area contributed by atoms with Gasteiger partial charge in [0.15, 0.2) is 0 Å². The van der Waals surface area contributed by atoms with Crippen LogP contribution >= 0.6 is 11.3 Å². The molecule has 1 unspecified atom stereocenters. The summed E-state index contributed by atoms with van der Waals surface area (Å²) in [7, 11) is 0. The minimum atomic E-state index is 0.0146. The summed E-state index contributed by atoms with van der Waals surface area (Å²) in [4.78, 5) is 16.1. The largest absolute Gasteiger partial charge is 0.310 e. The van der Waals surface area contributed by atoms with E-state index in [9.17, 15) is 4.79 Å². The molecule has 0 radical (unpaired) electrons. The fourth-order valence-corrected chi connectivity index (χ4v) is 4.24. The molecule has 1 N–H and O–H groups in total. The van der Waals surface area contributed by atoms with E-state index in [-0.39, 0.29) is 5.91 Å². The molecule has 26 heavy (non-hydrogen) atoms. The average Bonchev–Trinajstić information content (AvgIpc) is 3.40. The van der Waals surface area contributed by atoms with E-state index in [4.69, 9.17) is 0 Å². The topological polar surface area (TPSA) is 50.2 Å². The first-order valence-electron chi connectivity index (χ1n) is 8.92. The molecule has 5 nitrogen and oxygen atoms in total. The second kappa shape index (κ2) is 7.85. The highest BCUT2D eigenvalue weighted by molar-refractivity contribution is 7.09. The molecule has 4 rings (SSSR count). The Morgan fingerprint density at radius 3 is 2.88 bits per heavy atom. The van der Waals surface area contributed by atoms with Crippen LogP contribution in [-0.2, 0) is 11.3 Å². The van der Waals surface area contributed by atoms with Crippen LogP contribution in [0.2, 0.25) is 0 Å². The molecule has 134 valence electrons. The first-order chi connectivity index (χ1) is 12.8. The van der Waals surface area contributed by atoms with Gasteiger partial charge >= 0.3 is 0 Å². The highest BCUT2D eigenvalue weighted by atomic mass is 32.1. The molecule has 1 fully saturated rings. The molecule has 0 spiro atoms. The Labute approximate surface area is 157 Å². The smallest absolute Gasteiger partial charge is 0.239 e. The molecule has 0 aliphatic carbocycles. The predicted molar refractivity (Wildman–Crippen MR) is 104 cm³/mol. The van der Waals surface area contributed by atoms with E-state index in [1.54, 1.807) is 17.5 Å². The van der Waals surface area contributed by atoms with Gasteiger partial charge in [0, 0.05) is 17.0 Å². The number of rotatable bonds is 6. The van der Waals surface area contributed by atoms with Gasteiger partial charge in [0.1, 0.15) is 5.82 Å². The zero-order valence-electron chi connectivity index (χ0n) is 14.5.